The van der Waals surface area contributed by atoms with E-state index in [4.69, 9.17) is 4.74 Å². The Morgan fingerprint density at radius 3 is 2.64 bits per heavy atom. The molecule has 5 aromatic rings. The van der Waals surface area contributed by atoms with Crippen molar-refractivity contribution in [2.75, 3.05) is 11.5 Å². The molecule has 1 aromatic heterocycles. The minimum absolute atomic E-state index is 0.0779. The number of aliphatic hydroxyl groups is 1. The van der Waals surface area contributed by atoms with Crippen LogP contribution in [0.25, 0.3) is 27.6 Å². The maximum absolute atomic E-state index is 13.6. The quantitative estimate of drug-likeness (QED) is 0.155. The van der Waals surface area contributed by atoms with Crippen LogP contribution in [0.4, 0.5) is 5.95 Å². The molecule has 1 aliphatic rings. The molecule has 1 amide bonds. The first-order valence-electron chi connectivity index (χ1n) is 12.6. The lowest BCUT2D eigenvalue weighted by Crippen LogP contribution is -2.30. The monoisotopic (exact) mass is 519 g/mol. The Morgan fingerprint density at radius 2 is 1.82 bits per heavy atom. The van der Waals surface area contributed by atoms with Gasteiger partial charge in [-0.3, -0.25) is 14.5 Å². The number of benzene rings is 4. The number of hydrogen-bond acceptors (Lipinski definition) is 6. The fraction of sp³-hybridized carbons (Fsp3) is 0.129. The molecule has 0 radical (unpaired) electrons. The average molecular weight is 520 g/mol. The van der Waals surface area contributed by atoms with E-state index in [0.717, 1.165) is 16.3 Å². The van der Waals surface area contributed by atoms with E-state index in [2.05, 4.69) is 9.97 Å². The number of anilines is 1. The molecule has 6 rings (SSSR count). The van der Waals surface area contributed by atoms with Gasteiger partial charge in [-0.05, 0) is 60.0 Å². The van der Waals surface area contributed by atoms with Crippen molar-refractivity contribution in [1.29, 1.82) is 0 Å². The van der Waals surface area contributed by atoms with E-state index in [1.807, 2.05) is 55.5 Å². The summed E-state index contributed by atoms with van der Waals surface area (Å²) < 4.78 is 5.59. The Kier molecular flexibility index (Phi) is 5.80. The first kappa shape index (κ1) is 24.2. The topological polar surface area (TPSA) is 116 Å². The van der Waals surface area contributed by atoms with E-state index in [0.29, 0.717) is 28.8 Å². The summed E-state index contributed by atoms with van der Waals surface area (Å²) >= 11 is 0. The number of amides is 1. The van der Waals surface area contributed by atoms with Gasteiger partial charge in [0.05, 0.1) is 29.3 Å². The Hall–Kier alpha value is -5.11. The normalized spacial score (nSPS) is 16.9. The van der Waals surface area contributed by atoms with Gasteiger partial charge in [-0.15, -0.1) is 0 Å². The number of carbonyl (C=O) groups is 2. The van der Waals surface area contributed by atoms with Crippen LogP contribution in [0.5, 0.6) is 11.5 Å². The molecule has 8 nitrogen and oxygen atoms in total. The number of ether oxygens (including phenoxy) is 1. The van der Waals surface area contributed by atoms with Crippen molar-refractivity contribution in [2.24, 2.45) is 0 Å². The number of nitrogens with zero attached hydrogens (tertiary/aromatic N) is 2. The summed E-state index contributed by atoms with van der Waals surface area (Å²) in [6.07, 6.45) is 0. The number of nitrogens with one attached hydrogen (secondary N) is 1. The number of aromatic nitrogens is 2. The van der Waals surface area contributed by atoms with Gasteiger partial charge in [-0.25, -0.2) is 4.98 Å². The van der Waals surface area contributed by atoms with Gasteiger partial charge in [0.15, 0.2) is 11.5 Å². The first-order chi connectivity index (χ1) is 18.9. The second-order valence-corrected chi connectivity index (χ2v) is 9.44. The van der Waals surface area contributed by atoms with Gasteiger partial charge in [0, 0.05) is 5.56 Å². The maximum atomic E-state index is 13.6. The van der Waals surface area contributed by atoms with E-state index in [1.54, 1.807) is 31.2 Å². The van der Waals surface area contributed by atoms with Crippen LogP contribution >= 0.6 is 0 Å². The summed E-state index contributed by atoms with van der Waals surface area (Å²) in [5.41, 5.74) is 3.16. The second kappa shape index (κ2) is 9.33. The first-order valence-corrected chi connectivity index (χ1v) is 12.6. The number of aryl methyl sites for hydroxylation is 1. The van der Waals surface area contributed by atoms with Crippen LogP contribution in [0.1, 0.15) is 29.7 Å². The summed E-state index contributed by atoms with van der Waals surface area (Å²) in [6.45, 7) is 4.04. The predicted octanol–water partition coefficient (Wildman–Crippen LogP) is 5.76. The number of aromatic amines is 1. The molecule has 1 fully saturated rings. The number of ketones is 1. The van der Waals surface area contributed by atoms with Crippen LogP contribution in [0.2, 0.25) is 0 Å². The van der Waals surface area contributed by atoms with Gasteiger partial charge in [0.25, 0.3) is 5.78 Å². The van der Waals surface area contributed by atoms with Gasteiger partial charge < -0.3 is 19.9 Å². The van der Waals surface area contributed by atoms with Crippen molar-refractivity contribution in [2.45, 2.75) is 19.9 Å². The lowest BCUT2D eigenvalue weighted by molar-refractivity contribution is -0.132. The SMILES string of the molecule is CCOc1cc(C2/C(=C(\O)c3cccc4ccccc34)C(=O)C(=O)N2c2nc3ccc(C)cc3[nH]2)ccc1O. The number of phenolic OH excluding ortho intramolecular Hbond substituents is 1. The molecular formula is C31H25N3O5. The fourth-order valence-electron chi connectivity index (χ4n) is 5.14. The van der Waals surface area contributed by atoms with E-state index in [9.17, 15) is 19.8 Å². The summed E-state index contributed by atoms with van der Waals surface area (Å²) in [6, 6.07) is 22.1. The van der Waals surface area contributed by atoms with E-state index < -0.39 is 17.7 Å². The van der Waals surface area contributed by atoms with Crippen molar-refractivity contribution >= 4 is 45.2 Å². The largest absolute Gasteiger partial charge is 0.507 e. The molecule has 1 unspecified atom stereocenters. The second-order valence-electron chi connectivity index (χ2n) is 9.44. The molecule has 0 saturated carbocycles. The van der Waals surface area contributed by atoms with Crippen LogP contribution in [-0.2, 0) is 9.59 Å². The number of H-pyrrole nitrogens is 1. The molecule has 194 valence electrons. The van der Waals surface area contributed by atoms with Crippen LogP contribution in [0.15, 0.2) is 84.4 Å². The number of Topliss-reactive ketones (excluding diaryl/α,β-unsaturated/α-hetero) is 1. The standard InChI is InChI=1S/C31H25N3O5/c1-3-39-25-16-19(12-14-24(25)35)27-26(28(36)21-10-6-8-18-7-4-5-9-20(18)21)29(37)30(38)34(27)31-32-22-13-11-17(2)15-23(22)33-31/h4-16,27,35-36H,3H2,1-2H3,(H,32,33)/b28-26+. The number of aliphatic hydroxyl groups excluding tert-OH is 1. The highest BCUT2D eigenvalue weighted by Crippen LogP contribution is 2.44. The van der Waals surface area contributed by atoms with Gasteiger partial charge in [0.2, 0.25) is 5.95 Å². The molecule has 1 saturated heterocycles. The third kappa shape index (κ3) is 3.97. The minimum atomic E-state index is -1.04. The van der Waals surface area contributed by atoms with Crippen LogP contribution < -0.4 is 9.64 Å². The highest BCUT2D eigenvalue weighted by molar-refractivity contribution is 6.51. The highest BCUT2D eigenvalue weighted by Gasteiger charge is 2.48. The molecule has 39 heavy (non-hydrogen) atoms. The Bertz CT molecular complexity index is 1810. The Balaban J connectivity index is 1.61. The zero-order valence-electron chi connectivity index (χ0n) is 21.3. The lowest BCUT2D eigenvalue weighted by Gasteiger charge is -2.24. The zero-order chi connectivity index (χ0) is 27.3. The molecule has 4 aromatic carbocycles. The van der Waals surface area contributed by atoms with Crippen LogP contribution in [0, 0.1) is 6.92 Å². The van der Waals surface area contributed by atoms with Crippen LogP contribution in [0.3, 0.4) is 0 Å². The van der Waals surface area contributed by atoms with Gasteiger partial charge in [-0.2, -0.15) is 0 Å². The molecule has 1 atom stereocenters. The maximum Gasteiger partial charge on any atom is 0.302 e. The molecule has 0 aliphatic carbocycles. The number of phenols is 1. The number of rotatable bonds is 5. The van der Waals surface area contributed by atoms with Crippen molar-refractivity contribution in [3.8, 4) is 11.5 Å². The summed E-state index contributed by atoms with van der Waals surface area (Å²) in [4.78, 5) is 36.3. The zero-order valence-corrected chi connectivity index (χ0v) is 21.3. The number of carbonyl (C=O) groups excluding carboxylic acids is 2. The van der Waals surface area contributed by atoms with Gasteiger partial charge in [-0.1, -0.05) is 54.6 Å². The predicted molar refractivity (Wildman–Crippen MR) is 149 cm³/mol. The third-order valence-corrected chi connectivity index (χ3v) is 6.94. The number of aromatic hydroxyl groups is 1. The summed E-state index contributed by atoms with van der Waals surface area (Å²) in [5, 5.41) is 23.6. The van der Waals surface area contributed by atoms with E-state index >= 15 is 0 Å². The third-order valence-electron chi connectivity index (χ3n) is 6.94. The molecule has 1 aliphatic heterocycles. The van der Waals surface area contributed by atoms with Crippen molar-refractivity contribution in [3.63, 3.8) is 0 Å². The van der Waals surface area contributed by atoms with E-state index in [-0.39, 0.29) is 28.8 Å². The fourth-order valence-corrected chi connectivity index (χ4v) is 5.14. The molecule has 0 spiro atoms. The Morgan fingerprint density at radius 1 is 1.03 bits per heavy atom. The van der Waals surface area contributed by atoms with Crippen molar-refractivity contribution < 1.29 is 24.5 Å². The number of fused-ring (bicyclic) bond motifs is 2. The summed E-state index contributed by atoms with van der Waals surface area (Å²) in [5.74, 6) is -1.67. The van der Waals surface area contributed by atoms with Crippen LogP contribution in [-0.4, -0.2) is 38.5 Å². The molecule has 3 N–H and O–H groups in total. The molecule has 0 bridgehead atoms. The van der Waals surface area contributed by atoms with Crippen molar-refractivity contribution in [3.05, 3.63) is 101 Å². The number of imidazole rings is 1. The minimum Gasteiger partial charge on any atom is -0.507 e. The summed E-state index contributed by atoms with van der Waals surface area (Å²) in [7, 11) is 0. The lowest BCUT2D eigenvalue weighted by atomic mass is 9.93. The average Bonchev–Trinajstić information content (AvgIpc) is 3.46. The smallest absolute Gasteiger partial charge is 0.302 e. The molecular weight excluding hydrogens is 494 g/mol. The highest BCUT2D eigenvalue weighted by atomic mass is 16.5. The number of hydrogen-bond donors (Lipinski definition) is 3. The van der Waals surface area contributed by atoms with Gasteiger partial charge >= 0.3 is 5.91 Å². The molecule has 2 heterocycles. The van der Waals surface area contributed by atoms with Crippen molar-refractivity contribution in [1.82, 2.24) is 9.97 Å². The van der Waals surface area contributed by atoms with Gasteiger partial charge in [0.1, 0.15) is 5.76 Å². The van der Waals surface area contributed by atoms with E-state index in [1.165, 1.54) is 11.0 Å². The molecule has 8 heteroatoms. The Labute approximate surface area is 223 Å².